The van der Waals surface area contributed by atoms with Crippen LogP contribution in [0.1, 0.15) is 83.1 Å². The zero-order valence-corrected chi connectivity index (χ0v) is 34.4. The van der Waals surface area contributed by atoms with Gasteiger partial charge in [-0.3, -0.25) is 54.4 Å². The summed E-state index contributed by atoms with van der Waals surface area (Å²) in [7, 11) is -19.2. The standard InChI is InChI=1S/C21H42Cl6O13P4/c1-13(22)32-41(28,33-14(2)23)19(7,8)38-44(31,39-20(9,10)42(29,34-15(3)24)35-16(4)25)40-21(11,12)43(30,36-17(5)26)37-18(6)27/h13-18H,1-12H3. The maximum atomic E-state index is 14.8. The molecule has 0 amide bonds. The van der Waals surface area contributed by atoms with E-state index < -0.39 is 80.0 Å². The van der Waals surface area contributed by atoms with Gasteiger partial charge >= 0.3 is 30.6 Å². The maximum Gasteiger partial charge on any atom is 0.478 e. The van der Waals surface area contributed by atoms with Crippen molar-refractivity contribution in [1.82, 2.24) is 0 Å². The summed E-state index contributed by atoms with van der Waals surface area (Å²) in [6.45, 7) is 14.7. The Balaban J connectivity index is 7.39. The van der Waals surface area contributed by atoms with Crippen LogP contribution in [0.15, 0.2) is 0 Å². The normalized spacial score (nSPS) is 23.2. The van der Waals surface area contributed by atoms with Crippen molar-refractivity contribution in [3.8, 4) is 0 Å². The van der Waals surface area contributed by atoms with E-state index in [4.69, 9.17) is 110 Å². The summed E-state index contributed by atoms with van der Waals surface area (Å²) in [5, 5.41) is -6.80. The molecule has 0 aromatic heterocycles. The Morgan fingerprint density at radius 1 is 0.386 bits per heavy atom. The van der Waals surface area contributed by atoms with Gasteiger partial charge in [-0.15, -0.1) is 0 Å². The fourth-order valence-corrected chi connectivity index (χ4v) is 12.7. The van der Waals surface area contributed by atoms with Gasteiger partial charge in [0.1, 0.15) is 33.4 Å². The number of hydrogen-bond donors (Lipinski definition) is 0. The van der Waals surface area contributed by atoms with Crippen LogP contribution in [0.25, 0.3) is 0 Å². The first-order valence-corrected chi connectivity index (χ1v) is 21.6. The first-order chi connectivity index (χ1) is 19.4. The van der Waals surface area contributed by atoms with Crippen LogP contribution in [0, 0.1) is 0 Å². The second kappa shape index (κ2) is 17.5. The van der Waals surface area contributed by atoms with Crippen molar-refractivity contribution >= 4 is 100 Å². The van der Waals surface area contributed by atoms with Gasteiger partial charge in [0.2, 0.25) is 0 Å². The minimum Gasteiger partial charge on any atom is -0.287 e. The van der Waals surface area contributed by atoms with E-state index in [1.54, 1.807) is 0 Å². The van der Waals surface area contributed by atoms with E-state index in [0.717, 1.165) is 41.5 Å². The first-order valence-electron chi connectivity index (χ1n) is 12.8. The second-order valence-corrected chi connectivity index (χ2v) is 23.1. The average molecular weight is 839 g/mol. The molecule has 13 nitrogen and oxygen atoms in total. The molecule has 0 heterocycles. The molecule has 0 spiro atoms. The molecule has 0 radical (unpaired) electrons. The molecule has 23 heteroatoms. The smallest absolute Gasteiger partial charge is 0.287 e. The fourth-order valence-electron chi connectivity index (χ4n) is 3.01. The van der Waals surface area contributed by atoms with E-state index in [0.29, 0.717) is 0 Å². The second-order valence-electron chi connectivity index (χ2n) is 10.4. The topological polar surface area (TPSA) is 151 Å². The Morgan fingerprint density at radius 3 is 0.636 bits per heavy atom. The quantitative estimate of drug-likeness (QED) is 0.0797. The lowest BCUT2D eigenvalue weighted by Crippen LogP contribution is -2.36. The van der Waals surface area contributed by atoms with Gasteiger partial charge in [0, 0.05) is 0 Å². The van der Waals surface area contributed by atoms with Gasteiger partial charge in [0.05, 0.1) is 0 Å². The van der Waals surface area contributed by atoms with Crippen LogP contribution in [0.2, 0.25) is 0 Å². The van der Waals surface area contributed by atoms with Crippen molar-refractivity contribution in [2.24, 2.45) is 0 Å². The highest BCUT2D eigenvalue weighted by Gasteiger charge is 2.60. The number of hydrogen-bond acceptors (Lipinski definition) is 13. The van der Waals surface area contributed by atoms with Gasteiger partial charge in [0.15, 0.2) is 16.0 Å². The highest BCUT2D eigenvalue weighted by molar-refractivity contribution is 7.59. The summed E-state index contributed by atoms with van der Waals surface area (Å²) in [5.74, 6) is 0. The van der Waals surface area contributed by atoms with Crippen LogP contribution in [-0.2, 0) is 59.0 Å². The molecule has 0 fully saturated rings. The van der Waals surface area contributed by atoms with Gasteiger partial charge in [-0.1, -0.05) is 69.6 Å². The highest BCUT2D eigenvalue weighted by atomic mass is 35.5. The largest absolute Gasteiger partial charge is 0.478 e. The van der Waals surface area contributed by atoms with E-state index in [-0.39, 0.29) is 0 Å². The summed E-state index contributed by atoms with van der Waals surface area (Å²) in [4.78, 5) is 0. The van der Waals surface area contributed by atoms with Gasteiger partial charge in [-0.2, -0.15) is 0 Å². The number of rotatable bonds is 21. The molecule has 0 aliphatic rings. The van der Waals surface area contributed by atoms with Crippen LogP contribution in [-0.4, -0.2) is 49.4 Å². The SMILES string of the molecule is CC(Cl)OP(=O)(OC(C)Cl)C(C)(C)OP(=O)(OC(C)(C)P(=O)(OC(C)Cl)OC(C)Cl)OC(C)(C)P(=O)(OC(C)Cl)OC(C)Cl. The lowest BCUT2D eigenvalue weighted by atomic mass is 10.5. The molecule has 0 saturated heterocycles. The van der Waals surface area contributed by atoms with E-state index in [2.05, 4.69) is 0 Å². The Kier molecular flexibility index (Phi) is 18.4. The lowest BCUT2D eigenvalue weighted by molar-refractivity contribution is -0.0118. The maximum absolute atomic E-state index is 14.8. The molecular formula is C21H42Cl6O13P4. The summed E-state index contributed by atoms with van der Waals surface area (Å²) in [6, 6.07) is 0. The van der Waals surface area contributed by atoms with Gasteiger partial charge in [-0.25, -0.2) is 4.57 Å². The Bertz CT molecular complexity index is 943. The summed E-state index contributed by atoms with van der Waals surface area (Å²) < 4.78 is 106. The van der Waals surface area contributed by atoms with Crippen LogP contribution in [0.3, 0.4) is 0 Å². The molecular weight excluding hydrogens is 797 g/mol. The van der Waals surface area contributed by atoms with Crippen LogP contribution in [0.5, 0.6) is 0 Å². The third-order valence-electron chi connectivity index (χ3n) is 4.69. The zero-order chi connectivity index (χ0) is 35.3. The van der Waals surface area contributed by atoms with Crippen molar-refractivity contribution in [3.63, 3.8) is 0 Å². The minimum absolute atomic E-state index is 1.13. The summed E-state index contributed by atoms with van der Waals surface area (Å²) in [5.41, 5.74) is -7.40. The molecule has 0 aromatic carbocycles. The van der Waals surface area contributed by atoms with E-state index in [9.17, 15) is 18.3 Å². The number of phosphoric ester groups is 1. The molecule has 0 saturated carbocycles. The average Bonchev–Trinajstić information content (AvgIpc) is 2.67. The number of halogens is 6. The molecule has 0 aliphatic heterocycles. The Labute approximate surface area is 290 Å². The van der Waals surface area contributed by atoms with Gasteiger partial charge < -0.3 is 0 Å². The molecule has 0 N–H and O–H groups in total. The zero-order valence-electron chi connectivity index (χ0n) is 26.3. The van der Waals surface area contributed by atoms with Crippen molar-refractivity contribution in [1.29, 1.82) is 0 Å². The highest BCUT2D eigenvalue weighted by Crippen LogP contribution is 2.76. The van der Waals surface area contributed by atoms with E-state index >= 15 is 0 Å². The molecule has 6 atom stereocenters. The number of phosphoric acid groups is 1. The summed E-state index contributed by atoms with van der Waals surface area (Å²) in [6.07, 6.45) is 0. The first kappa shape index (κ1) is 46.3. The third kappa shape index (κ3) is 13.9. The summed E-state index contributed by atoms with van der Waals surface area (Å²) >= 11 is 35.7. The third-order valence-corrected chi connectivity index (χ3v) is 16.2. The van der Waals surface area contributed by atoms with Crippen LogP contribution >= 0.6 is 100 Å². The Morgan fingerprint density at radius 2 is 0.523 bits per heavy atom. The van der Waals surface area contributed by atoms with Gasteiger partial charge in [-0.05, 0) is 83.1 Å². The predicted molar refractivity (Wildman–Crippen MR) is 174 cm³/mol. The molecule has 0 aliphatic carbocycles. The minimum atomic E-state index is -5.39. The van der Waals surface area contributed by atoms with E-state index in [1.807, 2.05) is 0 Å². The predicted octanol–water partition coefficient (Wildman–Crippen LogP) is 11.5. The monoisotopic (exact) mass is 836 g/mol. The van der Waals surface area contributed by atoms with Crippen molar-refractivity contribution in [2.75, 3.05) is 0 Å². The molecule has 0 rings (SSSR count). The fraction of sp³-hybridized carbons (Fsp3) is 1.00. The van der Waals surface area contributed by atoms with E-state index in [1.165, 1.54) is 41.5 Å². The Hall–Kier alpha value is 2.30. The molecule has 6 unspecified atom stereocenters. The van der Waals surface area contributed by atoms with Crippen molar-refractivity contribution in [2.45, 2.75) is 132 Å². The molecule has 266 valence electrons. The van der Waals surface area contributed by atoms with Gasteiger partial charge in [0.25, 0.3) is 0 Å². The van der Waals surface area contributed by atoms with Crippen molar-refractivity contribution in [3.05, 3.63) is 0 Å². The van der Waals surface area contributed by atoms with Crippen molar-refractivity contribution < 1.29 is 59.0 Å². The lowest BCUT2D eigenvalue weighted by Gasteiger charge is -2.42. The molecule has 0 aromatic rings. The molecule has 0 bridgehead atoms. The molecule has 44 heavy (non-hydrogen) atoms. The van der Waals surface area contributed by atoms with Crippen LogP contribution < -0.4 is 0 Å². The van der Waals surface area contributed by atoms with Crippen LogP contribution in [0.4, 0.5) is 0 Å². The number of alkyl halides is 6.